The van der Waals surface area contributed by atoms with Gasteiger partial charge in [-0.25, -0.2) is 4.79 Å². The number of hydrogen-bond donors (Lipinski definition) is 1. The maximum atomic E-state index is 12.1. The van der Waals surface area contributed by atoms with Gasteiger partial charge in [0, 0.05) is 10.7 Å². The monoisotopic (exact) mass is 431 g/mol. The molecule has 0 bridgehead atoms. The van der Waals surface area contributed by atoms with Crippen LogP contribution in [-0.4, -0.2) is 34.4 Å². The van der Waals surface area contributed by atoms with Crippen molar-refractivity contribution in [2.75, 3.05) is 17.7 Å². The van der Waals surface area contributed by atoms with Crippen LogP contribution in [0.15, 0.2) is 58.2 Å². The molecule has 0 aliphatic rings. The molecule has 0 unspecified atom stereocenters. The molecular formula is C20H18ClN3O4S. The Hall–Kier alpha value is -2.84. The van der Waals surface area contributed by atoms with E-state index in [0.717, 1.165) is 17.3 Å². The maximum absolute atomic E-state index is 12.1. The van der Waals surface area contributed by atoms with Crippen molar-refractivity contribution >= 4 is 40.9 Å². The molecule has 0 atom stereocenters. The van der Waals surface area contributed by atoms with E-state index in [1.807, 2.05) is 12.1 Å². The predicted molar refractivity (Wildman–Crippen MR) is 110 cm³/mol. The number of amides is 1. The quantitative estimate of drug-likeness (QED) is 0.421. The molecule has 0 saturated heterocycles. The summed E-state index contributed by atoms with van der Waals surface area (Å²) in [6.45, 7) is 2.06. The smallest absolute Gasteiger partial charge is 0.338 e. The number of anilines is 1. The Kier molecular flexibility index (Phi) is 7.26. The number of esters is 1. The molecule has 9 heteroatoms. The summed E-state index contributed by atoms with van der Waals surface area (Å²) in [5.41, 5.74) is 2.01. The molecule has 29 heavy (non-hydrogen) atoms. The molecule has 1 heterocycles. The number of rotatable bonds is 8. The van der Waals surface area contributed by atoms with Gasteiger partial charge in [-0.05, 0) is 48.9 Å². The van der Waals surface area contributed by atoms with E-state index in [1.165, 1.54) is 0 Å². The van der Waals surface area contributed by atoms with Crippen LogP contribution in [-0.2, 0) is 16.0 Å². The average molecular weight is 432 g/mol. The SMILES string of the molecule is CCOC(=O)c1ccc(NC(=O)CSc2nnc(Cc3ccc(Cl)cc3)o2)cc1. The highest BCUT2D eigenvalue weighted by Gasteiger charge is 2.11. The van der Waals surface area contributed by atoms with E-state index in [-0.39, 0.29) is 11.7 Å². The van der Waals surface area contributed by atoms with Gasteiger partial charge in [-0.1, -0.05) is 35.5 Å². The van der Waals surface area contributed by atoms with Crippen molar-refractivity contribution in [3.63, 3.8) is 0 Å². The van der Waals surface area contributed by atoms with Gasteiger partial charge in [0.05, 0.1) is 24.3 Å². The van der Waals surface area contributed by atoms with E-state index in [1.54, 1.807) is 43.3 Å². The number of carbonyl (C=O) groups is 2. The molecule has 3 aromatic rings. The minimum absolute atomic E-state index is 0.113. The van der Waals surface area contributed by atoms with Crippen LogP contribution in [0, 0.1) is 0 Å². The summed E-state index contributed by atoms with van der Waals surface area (Å²) in [6.07, 6.45) is 0.490. The van der Waals surface area contributed by atoms with Crippen molar-refractivity contribution in [3.05, 3.63) is 70.6 Å². The van der Waals surface area contributed by atoms with Crippen molar-refractivity contribution in [1.29, 1.82) is 0 Å². The van der Waals surface area contributed by atoms with Crippen LogP contribution in [0.25, 0.3) is 0 Å². The van der Waals surface area contributed by atoms with Gasteiger partial charge < -0.3 is 14.5 Å². The molecule has 150 valence electrons. The lowest BCUT2D eigenvalue weighted by Crippen LogP contribution is -2.14. The molecule has 7 nitrogen and oxygen atoms in total. The first-order valence-electron chi connectivity index (χ1n) is 8.80. The van der Waals surface area contributed by atoms with Crippen molar-refractivity contribution in [3.8, 4) is 0 Å². The van der Waals surface area contributed by atoms with Gasteiger partial charge in [0.25, 0.3) is 5.22 Å². The standard InChI is InChI=1S/C20H18ClN3O4S/c1-2-27-19(26)14-5-9-16(10-6-14)22-17(25)12-29-20-24-23-18(28-20)11-13-3-7-15(21)8-4-13/h3-10H,2,11-12H2,1H3,(H,22,25). The van der Waals surface area contributed by atoms with Crippen LogP contribution in [0.5, 0.6) is 0 Å². The zero-order chi connectivity index (χ0) is 20.6. The minimum atomic E-state index is -0.397. The maximum Gasteiger partial charge on any atom is 0.338 e. The normalized spacial score (nSPS) is 10.6. The third-order valence-corrected chi connectivity index (χ3v) is 4.79. The Balaban J connectivity index is 1.47. The number of hydrogen-bond acceptors (Lipinski definition) is 7. The topological polar surface area (TPSA) is 94.3 Å². The fraction of sp³-hybridized carbons (Fsp3) is 0.200. The van der Waals surface area contributed by atoms with Crippen LogP contribution >= 0.6 is 23.4 Å². The average Bonchev–Trinajstić information content (AvgIpc) is 3.16. The van der Waals surface area contributed by atoms with Crippen molar-refractivity contribution < 1.29 is 18.7 Å². The fourth-order valence-electron chi connectivity index (χ4n) is 2.37. The van der Waals surface area contributed by atoms with E-state index in [2.05, 4.69) is 15.5 Å². The van der Waals surface area contributed by atoms with Crippen molar-refractivity contribution in [1.82, 2.24) is 10.2 Å². The number of aromatic nitrogens is 2. The lowest BCUT2D eigenvalue weighted by molar-refractivity contribution is -0.113. The number of carbonyl (C=O) groups excluding carboxylic acids is 2. The Morgan fingerprint density at radius 3 is 2.52 bits per heavy atom. The number of halogens is 1. The van der Waals surface area contributed by atoms with Crippen molar-refractivity contribution in [2.24, 2.45) is 0 Å². The van der Waals surface area contributed by atoms with Crippen LogP contribution in [0.4, 0.5) is 5.69 Å². The van der Waals surface area contributed by atoms with E-state index in [9.17, 15) is 9.59 Å². The molecule has 1 N–H and O–H groups in total. The third-order valence-electron chi connectivity index (χ3n) is 3.72. The Morgan fingerprint density at radius 2 is 1.83 bits per heavy atom. The van der Waals surface area contributed by atoms with E-state index in [4.69, 9.17) is 20.8 Å². The lowest BCUT2D eigenvalue weighted by Gasteiger charge is -2.05. The molecule has 1 aromatic heterocycles. The number of ether oxygens (including phenoxy) is 1. The predicted octanol–water partition coefficient (Wildman–Crippen LogP) is 4.22. The number of nitrogens with zero attached hydrogens (tertiary/aromatic N) is 2. The Bertz CT molecular complexity index is 974. The largest absolute Gasteiger partial charge is 0.462 e. The minimum Gasteiger partial charge on any atom is -0.462 e. The third kappa shape index (κ3) is 6.33. The number of thioether (sulfide) groups is 1. The van der Waals surface area contributed by atoms with Gasteiger partial charge in [0.15, 0.2) is 0 Å². The van der Waals surface area contributed by atoms with Gasteiger partial charge in [0.2, 0.25) is 11.8 Å². The highest BCUT2D eigenvalue weighted by atomic mass is 35.5. The van der Waals surface area contributed by atoms with Crippen LogP contribution < -0.4 is 5.32 Å². The first-order chi connectivity index (χ1) is 14.0. The van der Waals surface area contributed by atoms with Crippen LogP contribution in [0.1, 0.15) is 28.7 Å². The highest BCUT2D eigenvalue weighted by molar-refractivity contribution is 7.99. The van der Waals surface area contributed by atoms with Gasteiger partial charge in [-0.2, -0.15) is 0 Å². The summed E-state index contributed by atoms with van der Waals surface area (Å²) >= 11 is 7.02. The van der Waals surface area contributed by atoms with E-state index in [0.29, 0.717) is 40.4 Å². The molecule has 2 aromatic carbocycles. The first kappa shape index (κ1) is 20.9. The number of nitrogens with one attached hydrogen (secondary N) is 1. The molecule has 0 fully saturated rings. The molecule has 0 aliphatic heterocycles. The van der Waals surface area contributed by atoms with Crippen LogP contribution in [0.2, 0.25) is 5.02 Å². The first-order valence-corrected chi connectivity index (χ1v) is 10.2. The summed E-state index contributed by atoms with van der Waals surface area (Å²) in [6, 6.07) is 13.9. The molecule has 0 spiro atoms. The molecule has 0 radical (unpaired) electrons. The van der Waals surface area contributed by atoms with Gasteiger partial charge in [0.1, 0.15) is 0 Å². The van der Waals surface area contributed by atoms with E-state index >= 15 is 0 Å². The van der Waals surface area contributed by atoms with E-state index < -0.39 is 5.97 Å². The Morgan fingerprint density at radius 1 is 1.10 bits per heavy atom. The Labute approximate surface area is 176 Å². The molecular weight excluding hydrogens is 414 g/mol. The fourth-order valence-corrected chi connectivity index (χ4v) is 3.08. The number of benzene rings is 2. The molecule has 3 rings (SSSR count). The summed E-state index contributed by atoms with van der Waals surface area (Å²) in [7, 11) is 0. The van der Waals surface area contributed by atoms with Gasteiger partial charge >= 0.3 is 5.97 Å². The zero-order valence-corrected chi connectivity index (χ0v) is 17.1. The second-order valence-electron chi connectivity index (χ2n) is 5.90. The van der Waals surface area contributed by atoms with Gasteiger partial charge in [-0.15, -0.1) is 10.2 Å². The van der Waals surface area contributed by atoms with Crippen LogP contribution in [0.3, 0.4) is 0 Å². The highest BCUT2D eigenvalue weighted by Crippen LogP contribution is 2.19. The van der Waals surface area contributed by atoms with Crippen molar-refractivity contribution in [2.45, 2.75) is 18.6 Å². The second-order valence-corrected chi connectivity index (χ2v) is 7.26. The van der Waals surface area contributed by atoms with Gasteiger partial charge in [-0.3, -0.25) is 4.79 Å². The summed E-state index contributed by atoms with van der Waals surface area (Å²) in [5.74, 6) is -0.0461. The molecule has 0 saturated carbocycles. The summed E-state index contributed by atoms with van der Waals surface area (Å²) in [5, 5.41) is 11.7. The lowest BCUT2D eigenvalue weighted by atomic mass is 10.1. The molecule has 1 amide bonds. The molecule has 0 aliphatic carbocycles. The summed E-state index contributed by atoms with van der Waals surface area (Å²) in [4.78, 5) is 23.7. The summed E-state index contributed by atoms with van der Waals surface area (Å²) < 4.78 is 10.5. The zero-order valence-electron chi connectivity index (χ0n) is 15.6. The second kappa shape index (κ2) is 10.1.